The van der Waals surface area contributed by atoms with Crippen LogP contribution >= 0.6 is 0 Å². The molecule has 1 saturated heterocycles. The average Bonchev–Trinajstić information content (AvgIpc) is 3.31. The Hall–Kier alpha value is -0.920. The first-order valence-electron chi connectivity index (χ1n) is 8.00. The number of nitrogens with zero attached hydrogens (tertiary/aromatic N) is 3. The van der Waals surface area contributed by atoms with Crippen LogP contribution in [-0.2, 0) is 16.6 Å². The average molecular weight is 327 g/mol. The summed E-state index contributed by atoms with van der Waals surface area (Å²) in [6.07, 6.45) is 3.45. The number of hydrogen-bond acceptors (Lipinski definition) is 5. The molecule has 0 bridgehead atoms. The van der Waals surface area contributed by atoms with Crippen LogP contribution in [0.25, 0.3) is 0 Å². The lowest BCUT2D eigenvalue weighted by atomic mass is 10.0. The van der Waals surface area contributed by atoms with Gasteiger partial charge in [-0.05, 0) is 39.5 Å². The number of sulfonamides is 1. The molecule has 1 aliphatic carbocycles. The van der Waals surface area contributed by atoms with E-state index in [0.29, 0.717) is 0 Å². The van der Waals surface area contributed by atoms with Crippen LogP contribution in [0.3, 0.4) is 0 Å². The van der Waals surface area contributed by atoms with Gasteiger partial charge >= 0.3 is 0 Å². The fourth-order valence-corrected chi connectivity index (χ4v) is 5.03. The first-order chi connectivity index (χ1) is 10.4. The Labute approximate surface area is 132 Å². The first kappa shape index (κ1) is 16.0. The minimum absolute atomic E-state index is 0.113. The van der Waals surface area contributed by atoms with E-state index in [0.717, 1.165) is 62.3 Å². The van der Waals surface area contributed by atoms with E-state index >= 15 is 0 Å². The molecule has 2 fully saturated rings. The summed E-state index contributed by atoms with van der Waals surface area (Å²) in [4.78, 5) is 2.36. The molecule has 0 amide bonds. The van der Waals surface area contributed by atoms with Gasteiger partial charge in [-0.15, -0.1) is 0 Å². The number of aromatic nitrogens is 1. The number of rotatable bonds is 5. The van der Waals surface area contributed by atoms with Gasteiger partial charge in [-0.25, -0.2) is 12.7 Å². The summed E-state index contributed by atoms with van der Waals surface area (Å²) in [6.45, 7) is 6.58. The largest absolute Gasteiger partial charge is 0.361 e. The molecule has 0 atom stereocenters. The summed E-state index contributed by atoms with van der Waals surface area (Å²) in [7, 11) is -1.30. The molecule has 124 valence electrons. The Kier molecular flexibility index (Phi) is 4.31. The minimum atomic E-state index is -3.06. The van der Waals surface area contributed by atoms with E-state index in [1.807, 2.05) is 13.8 Å². The Morgan fingerprint density at radius 1 is 1.23 bits per heavy atom. The van der Waals surface area contributed by atoms with Crippen molar-refractivity contribution in [1.29, 1.82) is 0 Å². The fraction of sp³-hybridized carbons (Fsp3) is 0.800. The normalized spacial score (nSPS) is 21.6. The number of piperidine rings is 1. The zero-order valence-electron chi connectivity index (χ0n) is 13.6. The van der Waals surface area contributed by atoms with Crippen molar-refractivity contribution in [2.45, 2.75) is 57.4 Å². The van der Waals surface area contributed by atoms with Gasteiger partial charge < -0.3 is 4.52 Å². The van der Waals surface area contributed by atoms with Crippen molar-refractivity contribution < 1.29 is 12.9 Å². The van der Waals surface area contributed by atoms with Crippen molar-refractivity contribution in [3.63, 3.8) is 0 Å². The van der Waals surface area contributed by atoms with Crippen LogP contribution in [0.1, 0.15) is 42.7 Å². The molecule has 6 nitrogen and oxygen atoms in total. The molecule has 0 aromatic carbocycles. The standard InChI is InChI=1S/C15H25N3O3S/c1-11-15(12(2)21-16-11)10-18-8-6-13(7-9-18)17(3)22(19,20)14-4-5-14/h13-14H,4-10H2,1-3H3. The molecule has 2 heterocycles. The third kappa shape index (κ3) is 3.07. The van der Waals surface area contributed by atoms with E-state index in [1.54, 1.807) is 11.4 Å². The zero-order valence-corrected chi connectivity index (χ0v) is 14.4. The quantitative estimate of drug-likeness (QED) is 0.823. The smallest absolute Gasteiger partial charge is 0.216 e. The number of aryl methyl sites for hydroxylation is 2. The fourth-order valence-electron chi connectivity index (χ4n) is 3.20. The maximum Gasteiger partial charge on any atom is 0.216 e. The van der Waals surface area contributed by atoms with E-state index in [2.05, 4.69) is 10.1 Å². The third-order valence-corrected chi connectivity index (χ3v) is 7.40. The van der Waals surface area contributed by atoms with E-state index in [-0.39, 0.29) is 11.3 Å². The molecule has 1 aromatic rings. The lowest BCUT2D eigenvalue weighted by Crippen LogP contribution is -2.46. The highest BCUT2D eigenvalue weighted by Gasteiger charge is 2.41. The molecule has 1 aliphatic heterocycles. The topological polar surface area (TPSA) is 66.7 Å². The van der Waals surface area contributed by atoms with Crippen LogP contribution in [0.2, 0.25) is 0 Å². The molecule has 1 saturated carbocycles. The van der Waals surface area contributed by atoms with Crippen molar-refractivity contribution in [3.8, 4) is 0 Å². The number of likely N-dealkylation sites (tertiary alicyclic amines) is 1. The molecule has 22 heavy (non-hydrogen) atoms. The van der Waals surface area contributed by atoms with Gasteiger partial charge in [-0.1, -0.05) is 5.16 Å². The highest BCUT2D eigenvalue weighted by Crippen LogP contribution is 2.33. The second-order valence-corrected chi connectivity index (χ2v) is 8.84. The summed E-state index contributed by atoms with van der Waals surface area (Å²) in [5.41, 5.74) is 2.12. The second kappa shape index (κ2) is 5.94. The predicted molar refractivity (Wildman–Crippen MR) is 84.0 cm³/mol. The summed E-state index contributed by atoms with van der Waals surface area (Å²) >= 11 is 0. The van der Waals surface area contributed by atoms with Gasteiger partial charge in [0.1, 0.15) is 5.76 Å². The van der Waals surface area contributed by atoms with Gasteiger partial charge in [0.05, 0.1) is 10.9 Å². The van der Waals surface area contributed by atoms with Crippen molar-refractivity contribution in [2.75, 3.05) is 20.1 Å². The molecule has 0 radical (unpaired) electrons. The maximum atomic E-state index is 12.3. The summed E-state index contributed by atoms with van der Waals surface area (Å²) in [5.74, 6) is 0.882. The van der Waals surface area contributed by atoms with Crippen LogP contribution in [0.15, 0.2) is 4.52 Å². The summed E-state index contributed by atoms with van der Waals surface area (Å²) in [6, 6.07) is 0.145. The van der Waals surface area contributed by atoms with Crippen molar-refractivity contribution >= 4 is 10.0 Å². The highest BCUT2D eigenvalue weighted by molar-refractivity contribution is 7.90. The predicted octanol–water partition coefficient (Wildman–Crippen LogP) is 1.68. The molecule has 7 heteroatoms. The molecule has 0 unspecified atom stereocenters. The van der Waals surface area contributed by atoms with Crippen molar-refractivity contribution in [3.05, 3.63) is 17.0 Å². The van der Waals surface area contributed by atoms with Gasteiger partial charge in [0, 0.05) is 38.3 Å². The lowest BCUT2D eigenvalue weighted by molar-refractivity contribution is 0.163. The van der Waals surface area contributed by atoms with Crippen molar-refractivity contribution in [1.82, 2.24) is 14.4 Å². The summed E-state index contributed by atoms with van der Waals surface area (Å²) in [5, 5.41) is 3.88. The van der Waals surface area contributed by atoms with Gasteiger partial charge in [0.25, 0.3) is 0 Å². The molecule has 0 spiro atoms. The Balaban J connectivity index is 1.56. The maximum absolute atomic E-state index is 12.3. The van der Waals surface area contributed by atoms with E-state index in [1.165, 1.54) is 0 Å². The molecule has 0 N–H and O–H groups in total. The van der Waals surface area contributed by atoms with E-state index in [9.17, 15) is 8.42 Å². The van der Waals surface area contributed by atoms with Crippen LogP contribution in [-0.4, -0.2) is 54.2 Å². The molecule has 3 rings (SSSR count). The van der Waals surface area contributed by atoms with E-state index < -0.39 is 10.0 Å². The van der Waals surface area contributed by atoms with Crippen LogP contribution in [0.5, 0.6) is 0 Å². The van der Waals surface area contributed by atoms with E-state index in [4.69, 9.17) is 4.52 Å². The van der Waals surface area contributed by atoms with Gasteiger partial charge in [-0.3, -0.25) is 4.90 Å². The SMILES string of the molecule is Cc1noc(C)c1CN1CCC(N(C)S(=O)(=O)C2CC2)CC1. The molecular weight excluding hydrogens is 302 g/mol. The Morgan fingerprint density at radius 2 is 1.86 bits per heavy atom. The first-order valence-corrected chi connectivity index (χ1v) is 9.51. The van der Waals surface area contributed by atoms with Gasteiger partial charge in [-0.2, -0.15) is 0 Å². The monoisotopic (exact) mass is 327 g/mol. The Morgan fingerprint density at radius 3 is 2.36 bits per heavy atom. The van der Waals surface area contributed by atoms with Crippen LogP contribution in [0.4, 0.5) is 0 Å². The lowest BCUT2D eigenvalue weighted by Gasteiger charge is -2.36. The zero-order chi connectivity index (χ0) is 15.9. The van der Waals surface area contributed by atoms with Crippen molar-refractivity contribution in [2.24, 2.45) is 0 Å². The van der Waals surface area contributed by atoms with Crippen LogP contribution in [0, 0.1) is 13.8 Å². The van der Waals surface area contributed by atoms with Crippen LogP contribution < -0.4 is 0 Å². The van der Waals surface area contributed by atoms with Gasteiger partial charge in [0.15, 0.2) is 0 Å². The Bertz CT molecular complexity index is 609. The summed E-state index contributed by atoms with van der Waals surface area (Å²) < 4.78 is 31.5. The second-order valence-electron chi connectivity index (χ2n) is 6.57. The minimum Gasteiger partial charge on any atom is -0.361 e. The number of hydrogen-bond donors (Lipinski definition) is 0. The molecule has 2 aliphatic rings. The van der Waals surface area contributed by atoms with Gasteiger partial charge in [0.2, 0.25) is 10.0 Å². The highest BCUT2D eigenvalue weighted by atomic mass is 32.2. The molecular formula is C15H25N3O3S. The third-order valence-electron chi connectivity index (χ3n) is 4.98. The molecule has 1 aromatic heterocycles.